The first-order valence-corrected chi connectivity index (χ1v) is 10.9. The second kappa shape index (κ2) is 9.50. The standard InChI is InChI=1S/C24H23N3O2S/c28-23(25-14-6-10-18-8-2-1-3-9-18)17-27-21-12-5-4-11-19(21)26-20(16-24(27)29)22-13-7-15-30-22/h1-5,7-9,11-13,15H,6,10,14,16-17H2,(H,25,28). The minimum atomic E-state index is -0.161. The van der Waals surface area contributed by atoms with Gasteiger partial charge in [0.25, 0.3) is 0 Å². The van der Waals surface area contributed by atoms with Gasteiger partial charge in [-0.15, -0.1) is 11.3 Å². The summed E-state index contributed by atoms with van der Waals surface area (Å²) in [5.74, 6) is -0.280. The number of aryl methyl sites for hydroxylation is 1. The first-order chi connectivity index (χ1) is 14.7. The van der Waals surface area contributed by atoms with Gasteiger partial charge in [0.05, 0.1) is 23.5 Å². The van der Waals surface area contributed by atoms with Crippen molar-refractivity contribution in [2.75, 3.05) is 18.0 Å². The molecule has 152 valence electrons. The highest BCUT2D eigenvalue weighted by Gasteiger charge is 2.26. The number of benzene rings is 2. The number of amides is 2. The SMILES string of the molecule is O=C(CN1C(=O)CC(c2cccs2)=Nc2ccccc21)NCCCc1ccccc1. The molecule has 4 rings (SSSR count). The van der Waals surface area contributed by atoms with Gasteiger partial charge >= 0.3 is 0 Å². The lowest BCUT2D eigenvalue weighted by molar-refractivity contribution is -0.123. The molecule has 1 aromatic heterocycles. The molecule has 0 atom stereocenters. The van der Waals surface area contributed by atoms with E-state index in [1.165, 1.54) is 5.56 Å². The van der Waals surface area contributed by atoms with Crippen molar-refractivity contribution >= 4 is 40.2 Å². The molecule has 1 N–H and O–H groups in total. The van der Waals surface area contributed by atoms with Gasteiger partial charge in [0.15, 0.2) is 0 Å². The molecule has 3 aromatic rings. The fourth-order valence-corrected chi connectivity index (χ4v) is 4.18. The van der Waals surface area contributed by atoms with Crippen molar-refractivity contribution in [3.05, 3.63) is 82.6 Å². The molecule has 0 saturated heterocycles. The molecule has 1 aliphatic rings. The molecule has 0 spiro atoms. The van der Waals surface area contributed by atoms with Crippen LogP contribution in [0.2, 0.25) is 0 Å². The monoisotopic (exact) mass is 417 g/mol. The predicted octanol–water partition coefficient (Wildman–Crippen LogP) is 4.35. The summed E-state index contributed by atoms with van der Waals surface area (Å²) in [6.07, 6.45) is 1.94. The third-order valence-electron chi connectivity index (χ3n) is 4.96. The van der Waals surface area contributed by atoms with Crippen molar-refractivity contribution in [2.24, 2.45) is 4.99 Å². The van der Waals surface area contributed by atoms with E-state index in [1.807, 2.05) is 60.0 Å². The normalized spacial score (nSPS) is 13.4. The molecule has 1 aliphatic heterocycles. The first-order valence-electron chi connectivity index (χ1n) is 10.0. The number of rotatable bonds is 7. The molecular formula is C24H23N3O2S. The highest BCUT2D eigenvalue weighted by molar-refractivity contribution is 7.12. The maximum atomic E-state index is 13.0. The summed E-state index contributed by atoms with van der Waals surface area (Å²) < 4.78 is 0. The number of anilines is 1. The van der Waals surface area contributed by atoms with Gasteiger partial charge in [0.2, 0.25) is 11.8 Å². The Balaban J connectivity index is 1.40. The Labute approximate surface area is 180 Å². The van der Waals surface area contributed by atoms with Crippen LogP contribution in [0.5, 0.6) is 0 Å². The molecule has 30 heavy (non-hydrogen) atoms. The lowest BCUT2D eigenvalue weighted by Gasteiger charge is -2.21. The quantitative estimate of drug-likeness (QED) is 0.581. The molecule has 6 heteroatoms. The van der Waals surface area contributed by atoms with Gasteiger partial charge in [-0.3, -0.25) is 9.59 Å². The highest BCUT2D eigenvalue weighted by Crippen LogP contribution is 2.33. The zero-order valence-corrected chi connectivity index (χ0v) is 17.4. The van der Waals surface area contributed by atoms with E-state index in [0.717, 1.165) is 23.4 Å². The number of thiophene rings is 1. The number of carbonyl (C=O) groups is 2. The molecule has 5 nitrogen and oxygen atoms in total. The summed E-state index contributed by atoms with van der Waals surface area (Å²) in [5, 5.41) is 4.91. The predicted molar refractivity (Wildman–Crippen MR) is 122 cm³/mol. The van der Waals surface area contributed by atoms with Gasteiger partial charge in [-0.2, -0.15) is 0 Å². The van der Waals surface area contributed by atoms with Crippen LogP contribution in [0.25, 0.3) is 0 Å². The Kier molecular flexibility index (Phi) is 6.35. The van der Waals surface area contributed by atoms with Crippen LogP contribution in [-0.2, 0) is 16.0 Å². The van der Waals surface area contributed by atoms with Crippen LogP contribution >= 0.6 is 11.3 Å². The molecule has 0 saturated carbocycles. The molecule has 2 aromatic carbocycles. The largest absolute Gasteiger partial charge is 0.355 e. The molecule has 0 bridgehead atoms. The number of hydrogen-bond acceptors (Lipinski definition) is 4. The second-order valence-corrected chi connectivity index (χ2v) is 8.07. The van der Waals surface area contributed by atoms with Gasteiger partial charge in [0, 0.05) is 11.4 Å². The maximum Gasteiger partial charge on any atom is 0.240 e. The van der Waals surface area contributed by atoms with Crippen molar-refractivity contribution < 1.29 is 9.59 Å². The molecular weight excluding hydrogens is 394 g/mol. The smallest absolute Gasteiger partial charge is 0.240 e. The minimum Gasteiger partial charge on any atom is -0.355 e. The van der Waals surface area contributed by atoms with E-state index in [0.29, 0.717) is 17.9 Å². The average molecular weight is 418 g/mol. The van der Waals surface area contributed by atoms with Crippen molar-refractivity contribution in [1.82, 2.24) is 5.32 Å². The van der Waals surface area contributed by atoms with E-state index in [4.69, 9.17) is 4.99 Å². The van der Waals surface area contributed by atoms with Crippen LogP contribution in [0.3, 0.4) is 0 Å². The van der Waals surface area contributed by atoms with Crippen LogP contribution in [0, 0.1) is 0 Å². The van der Waals surface area contributed by atoms with Crippen LogP contribution in [-0.4, -0.2) is 30.6 Å². The van der Waals surface area contributed by atoms with E-state index in [2.05, 4.69) is 17.4 Å². The summed E-state index contributed by atoms with van der Waals surface area (Å²) >= 11 is 1.56. The van der Waals surface area contributed by atoms with Crippen LogP contribution < -0.4 is 10.2 Å². The summed E-state index contributed by atoms with van der Waals surface area (Å²) in [7, 11) is 0. The molecule has 0 fully saturated rings. The van der Waals surface area contributed by atoms with Crippen LogP contribution in [0.15, 0.2) is 77.1 Å². The Hall–Kier alpha value is -3.25. The topological polar surface area (TPSA) is 61.8 Å². The molecule has 0 radical (unpaired) electrons. The van der Waals surface area contributed by atoms with E-state index < -0.39 is 0 Å². The summed E-state index contributed by atoms with van der Waals surface area (Å²) in [5.41, 5.74) is 3.38. The van der Waals surface area contributed by atoms with Gasteiger partial charge in [0.1, 0.15) is 6.54 Å². The number of carbonyl (C=O) groups excluding carboxylic acids is 2. The minimum absolute atomic E-state index is 0.00553. The van der Waals surface area contributed by atoms with Crippen molar-refractivity contribution in [1.29, 1.82) is 0 Å². The Morgan fingerprint density at radius 3 is 2.63 bits per heavy atom. The molecule has 0 unspecified atom stereocenters. The van der Waals surface area contributed by atoms with E-state index in [-0.39, 0.29) is 24.8 Å². The zero-order chi connectivity index (χ0) is 20.8. The van der Waals surface area contributed by atoms with Crippen molar-refractivity contribution in [3.63, 3.8) is 0 Å². The lowest BCUT2D eigenvalue weighted by Crippen LogP contribution is -2.41. The molecule has 2 amide bonds. The van der Waals surface area contributed by atoms with Crippen molar-refractivity contribution in [3.8, 4) is 0 Å². The number of nitrogens with zero attached hydrogens (tertiary/aromatic N) is 2. The van der Waals surface area contributed by atoms with Gasteiger partial charge in [-0.1, -0.05) is 48.5 Å². The Morgan fingerprint density at radius 2 is 1.83 bits per heavy atom. The third-order valence-corrected chi connectivity index (χ3v) is 5.88. The summed E-state index contributed by atoms with van der Waals surface area (Å²) in [4.78, 5) is 32.8. The van der Waals surface area contributed by atoms with E-state index >= 15 is 0 Å². The Bertz CT molecular complexity index is 1050. The average Bonchev–Trinajstić information content (AvgIpc) is 3.26. The van der Waals surface area contributed by atoms with E-state index in [1.54, 1.807) is 16.2 Å². The number of fused-ring (bicyclic) bond motifs is 1. The number of hydrogen-bond donors (Lipinski definition) is 1. The number of para-hydroxylation sites is 2. The highest BCUT2D eigenvalue weighted by atomic mass is 32.1. The van der Waals surface area contributed by atoms with Crippen LogP contribution in [0.1, 0.15) is 23.3 Å². The maximum absolute atomic E-state index is 13.0. The fraction of sp³-hybridized carbons (Fsp3) is 0.208. The lowest BCUT2D eigenvalue weighted by atomic mass is 10.1. The van der Waals surface area contributed by atoms with Gasteiger partial charge in [-0.05, 0) is 42.0 Å². The Morgan fingerprint density at radius 1 is 1.03 bits per heavy atom. The zero-order valence-electron chi connectivity index (χ0n) is 16.6. The van der Waals surface area contributed by atoms with Gasteiger partial charge < -0.3 is 10.2 Å². The third kappa shape index (κ3) is 4.83. The second-order valence-electron chi connectivity index (χ2n) is 7.12. The van der Waals surface area contributed by atoms with Crippen LogP contribution in [0.4, 0.5) is 11.4 Å². The molecule has 2 heterocycles. The molecule has 0 aliphatic carbocycles. The number of nitrogens with one attached hydrogen (secondary N) is 1. The summed E-state index contributed by atoms with van der Waals surface area (Å²) in [6.45, 7) is 0.572. The van der Waals surface area contributed by atoms with Crippen molar-refractivity contribution in [2.45, 2.75) is 19.3 Å². The first kappa shape index (κ1) is 20.0. The van der Waals surface area contributed by atoms with E-state index in [9.17, 15) is 9.59 Å². The fourth-order valence-electron chi connectivity index (χ4n) is 3.47. The summed E-state index contributed by atoms with van der Waals surface area (Å²) in [6, 6.07) is 21.6. The van der Waals surface area contributed by atoms with Gasteiger partial charge in [-0.25, -0.2) is 4.99 Å². The number of aliphatic imine (C=N–C) groups is 1.